The van der Waals surface area contributed by atoms with E-state index in [1.54, 1.807) is 0 Å². The van der Waals surface area contributed by atoms with Gasteiger partial charge in [0.25, 0.3) is 0 Å². The fourth-order valence-electron chi connectivity index (χ4n) is 3.52. The summed E-state index contributed by atoms with van der Waals surface area (Å²) in [5, 5.41) is 14.5. The Labute approximate surface area is 162 Å². The minimum atomic E-state index is 0.633. The molecule has 0 unspecified atom stereocenters. The van der Waals surface area contributed by atoms with Crippen molar-refractivity contribution in [2.24, 2.45) is 0 Å². The van der Waals surface area contributed by atoms with Crippen LogP contribution in [0.3, 0.4) is 0 Å². The van der Waals surface area contributed by atoms with Crippen molar-refractivity contribution < 1.29 is 0 Å². The van der Waals surface area contributed by atoms with Crippen molar-refractivity contribution in [3.63, 3.8) is 0 Å². The first-order valence-electron chi connectivity index (χ1n) is 10.3. The number of unbranched alkanes of at least 4 members (excludes halogenated alkanes) is 7. The lowest BCUT2D eigenvalue weighted by atomic mass is 9.97. The number of rotatable bonds is 11. The Bertz CT molecular complexity index is 778. The van der Waals surface area contributed by atoms with E-state index in [1.807, 2.05) is 18.2 Å². The van der Waals surface area contributed by atoms with Crippen LogP contribution in [-0.2, 0) is 6.42 Å². The van der Waals surface area contributed by atoms with Gasteiger partial charge < -0.3 is 0 Å². The molecular weight excluding hydrogens is 332 g/mol. The van der Waals surface area contributed by atoms with Gasteiger partial charge in [-0.1, -0.05) is 100 Å². The summed E-state index contributed by atoms with van der Waals surface area (Å²) in [7, 11) is 0. The molecule has 0 radical (unpaired) electrons. The number of nitrogens with one attached hydrogen (secondary N) is 1. The molecule has 0 atom stereocenters. The lowest BCUT2D eigenvalue weighted by Gasteiger charge is -2.08. The fourth-order valence-corrected chi connectivity index (χ4v) is 3.52. The first kappa shape index (κ1) is 19.3. The monoisotopic (exact) mass is 362 g/mol. The third-order valence-electron chi connectivity index (χ3n) is 5.10. The summed E-state index contributed by atoms with van der Waals surface area (Å²) in [6, 6.07) is 17.1. The lowest BCUT2D eigenvalue weighted by molar-refractivity contribution is 0.575. The molecule has 0 spiro atoms. The van der Waals surface area contributed by atoms with Gasteiger partial charge in [-0.05, 0) is 34.7 Å². The zero-order valence-electron chi connectivity index (χ0n) is 16.3. The highest BCUT2D eigenvalue weighted by Gasteiger charge is 2.10. The summed E-state index contributed by atoms with van der Waals surface area (Å²) in [5.74, 6) is 0.633. The van der Waals surface area contributed by atoms with Gasteiger partial charge in [-0.2, -0.15) is 5.21 Å². The summed E-state index contributed by atoms with van der Waals surface area (Å²) in [6.45, 7) is 2.27. The second-order valence-corrected chi connectivity index (χ2v) is 7.20. The predicted molar refractivity (Wildman–Crippen MR) is 111 cm³/mol. The first-order chi connectivity index (χ1) is 13.4. The number of hydrogen-bond donors (Lipinski definition) is 1. The molecule has 0 fully saturated rings. The van der Waals surface area contributed by atoms with E-state index in [4.69, 9.17) is 0 Å². The van der Waals surface area contributed by atoms with Gasteiger partial charge in [0.15, 0.2) is 0 Å². The van der Waals surface area contributed by atoms with Gasteiger partial charge in [0, 0.05) is 5.56 Å². The largest absolute Gasteiger partial charge is 0.205 e. The Morgan fingerprint density at radius 3 is 2.07 bits per heavy atom. The van der Waals surface area contributed by atoms with Crippen molar-refractivity contribution in [1.82, 2.24) is 20.6 Å². The molecule has 142 valence electrons. The number of aromatic nitrogens is 4. The molecule has 0 aliphatic carbocycles. The Balaban J connectivity index is 1.51. The average Bonchev–Trinajstić information content (AvgIpc) is 3.25. The van der Waals surface area contributed by atoms with Gasteiger partial charge in [0.05, 0.1) is 0 Å². The molecule has 1 heterocycles. The van der Waals surface area contributed by atoms with Crippen LogP contribution in [0.4, 0.5) is 0 Å². The minimum absolute atomic E-state index is 0.633. The van der Waals surface area contributed by atoms with Crippen LogP contribution < -0.4 is 0 Å². The normalized spacial score (nSPS) is 11.0. The van der Waals surface area contributed by atoms with Gasteiger partial charge in [0.1, 0.15) is 0 Å². The van der Waals surface area contributed by atoms with Crippen LogP contribution in [0.1, 0.15) is 63.9 Å². The van der Waals surface area contributed by atoms with Crippen LogP contribution in [0.15, 0.2) is 48.5 Å². The standard InChI is InChI=1S/C23H30N4/c1-2-3-4-5-6-7-8-9-12-19-15-17-20(18-16-19)21-13-10-11-14-22(21)23-24-26-27-25-23/h10-11,13-18H,2-9,12H2,1H3,(H,24,25,26,27). The molecule has 4 heteroatoms. The quantitative estimate of drug-likeness (QED) is 0.412. The van der Waals surface area contributed by atoms with E-state index in [2.05, 4.69) is 57.9 Å². The Kier molecular flexibility index (Phi) is 7.57. The number of aryl methyl sites for hydroxylation is 1. The van der Waals surface area contributed by atoms with Crippen molar-refractivity contribution in [2.75, 3.05) is 0 Å². The van der Waals surface area contributed by atoms with Crippen molar-refractivity contribution in [1.29, 1.82) is 0 Å². The maximum absolute atomic E-state index is 4.12. The van der Waals surface area contributed by atoms with Gasteiger partial charge in [-0.3, -0.25) is 0 Å². The highest BCUT2D eigenvalue weighted by Crippen LogP contribution is 2.29. The summed E-state index contributed by atoms with van der Waals surface area (Å²) >= 11 is 0. The molecule has 2 aromatic carbocycles. The van der Waals surface area contributed by atoms with E-state index >= 15 is 0 Å². The number of tetrazole rings is 1. The van der Waals surface area contributed by atoms with E-state index in [9.17, 15) is 0 Å². The highest BCUT2D eigenvalue weighted by molar-refractivity contribution is 5.80. The highest BCUT2D eigenvalue weighted by atomic mass is 15.5. The molecule has 3 aromatic rings. The molecule has 0 aliphatic rings. The summed E-state index contributed by atoms with van der Waals surface area (Å²) in [5.41, 5.74) is 4.75. The van der Waals surface area contributed by atoms with Crippen LogP contribution in [0.5, 0.6) is 0 Å². The maximum Gasteiger partial charge on any atom is 0.205 e. The number of hydrogen-bond acceptors (Lipinski definition) is 3. The summed E-state index contributed by atoms with van der Waals surface area (Å²) in [4.78, 5) is 0. The van der Waals surface area contributed by atoms with Crippen molar-refractivity contribution in [2.45, 2.75) is 64.7 Å². The Morgan fingerprint density at radius 2 is 1.41 bits per heavy atom. The smallest absolute Gasteiger partial charge is 0.177 e. The van der Waals surface area contributed by atoms with Gasteiger partial charge in [0.2, 0.25) is 5.82 Å². The van der Waals surface area contributed by atoms with E-state index in [-0.39, 0.29) is 0 Å². The van der Waals surface area contributed by atoms with Gasteiger partial charge >= 0.3 is 0 Å². The van der Waals surface area contributed by atoms with Gasteiger partial charge in [-0.15, -0.1) is 10.2 Å². The Morgan fingerprint density at radius 1 is 0.741 bits per heavy atom. The molecule has 0 amide bonds. The van der Waals surface area contributed by atoms with E-state index in [0.717, 1.165) is 11.1 Å². The van der Waals surface area contributed by atoms with Crippen LogP contribution in [0, 0.1) is 0 Å². The second kappa shape index (κ2) is 10.6. The zero-order chi connectivity index (χ0) is 18.7. The summed E-state index contributed by atoms with van der Waals surface area (Å²) in [6.07, 6.45) is 12.1. The lowest BCUT2D eigenvalue weighted by Crippen LogP contribution is -1.89. The molecule has 4 nitrogen and oxygen atoms in total. The van der Waals surface area contributed by atoms with Crippen LogP contribution in [-0.4, -0.2) is 20.6 Å². The van der Waals surface area contributed by atoms with Crippen molar-refractivity contribution in [3.8, 4) is 22.5 Å². The number of nitrogens with zero attached hydrogens (tertiary/aromatic N) is 3. The average molecular weight is 363 g/mol. The number of benzene rings is 2. The molecule has 1 aromatic heterocycles. The van der Waals surface area contributed by atoms with E-state index in [1.165, 1.54) is 68.9 Å². The van der Waals surface area contributed by atoms with Crippen LogP contribution in [0.2, 0.25) is 0 Å². The summed E-state index contributed by atoms with van der Waals surface area (Å²) < 4.78 is 0. The molecule has 0 bridgehead atoms. The zero-order valence-corrected chi connectivity index (χ0v) is 16.3. The van der Waals surface area contributed by atoms with Crippen LogP contribution >= 0.6 is 0 Å². The maximum atomic E-state index is 4.12. The third kappa shape index (κ3) is 5.75. The molecule has 3 rings (SSSR count). The Hall–Kier alpha value is -2.49. The van der Waals surface area contributed by atoms with Crippen molar-refractivity contribution in [3.05, 3.63) is 54.1 Å². The number of H-pyrrole nitrogens is 1. The van der Waals surface area contributed by atoms with E-state index < -0.39 is 0 Å². The van der Waals surface area contributed by atoms with E-state index in [0.29, 0.717) is 5.82 Å². The van der Waals surface area contributed by atoms with Crippen molar-refractivity contribution >= 4 is 0 Å². The first-order valence-corrected chi connectivity index (χ1v) is 10.3. The molecule has 0 aliphatic heterocycles. The molecular formula is C23H30N4. The molecule has 27 heavy (non-hydrogen) atoms. The van der Waals surface area contributed by atoms with Crippen LogP contribution in [0.25, 0.3) is 22.5 Å². The fraction of sp³-hybridized carbons (Fsp3) is 0.435. The topological polar surface area (TPSA) is 54.5 Å². The minimum Gasteiger partial charge on any atom is -0.177 e. The molecule has 0 saturated heterocycles. The second-order valence-electron chi connectivity index (χ2n) is 7.20. The third-order valence-corrected chi connectivity index (χ3v) is 5.10. The predicted octanol–water partition coefficient (Wildman–Crippen LogP) is 6.22. The van der Waals surface area contributed by atoms with Gasteiger partial charge in [-0.25, -0.2) is 0 Å². The number of aromatic amines is 1. The molecule has 0 saturated carbocycles. The SMILES string of the molecule is CCCCCCCCCCc1ccc(-c2ccccc2-c2nn[nH]n2)cc1. The molecule has 1 N–H and O–H groups in total.